The zero-order chi connectivity index (χ0) is 8.39. The van der Waals surface area contributed by atoms with Crippen LogP contribution in [0.2, 0.25) is 0 Å². The number of nitrogen functional groups attached to an aromatic ring is 1. The fourth-order valence-corrected chi connectivity index (χ4v) is 0.840. The Morgan fingerprint density at radius 3 is 2.17 bits per heavy atom. The first-order chi connectivity index (χ1) is 5.86. The van der Waals surface area contributed by atoms with E-state index in [9.17, 15) is 0 Å². The Morgan fingerprint density at radius 2 is 1.58 bits per heavy atom. The van der Waals surface area contributed by atoms with E-state index < -0.39 is 0 Å². The highest BCUT2D eigenvalue weighted by Gasteiger charge is 1.96. The van der Waals surface area contributed by atoms with Gasteiger partial charge in [-0.15, -0.1) is 4.80 Å². The molecule has 2 rings (SSSR count). The third kappa shape index (κ3) is 1.09. The maximum Gasteiger partial charge on any atom is 0.0894 e. The molecule has 0 aliphatic heterocycles. The summed E-state index contributed by atoms with van der Waals surface area (Å²) in [6.07, 6.45) is 0. The molecule has 0 bridgehead atoms. The van der Waals surface area contributed by atoms with Gasteiger partial charge in [0.15, 0.2) is 0 Å². The number of aromatic nitrogens is 5. The van der Waals surface area contributed by atoms with E-state index in [4.69, 9.17) is 5.73 Å². The second-order valence-corrected chi connectivity index (χ2v) is 2.24. The van der Waals surface area contributed by atoms with Crippen molar-refractivity contribution in [1.29, 1.82) is 0 Å². The van der Waals surface area contributed by atoms with Crippen molar-refractivity contribution >= 4 is 5.69 Å². The monoisotopic (exact) mass is 162 g/mol. The molecule has 0 amide bonds. The van der Waals surface area contributed by atoms with Gasteiger partial charge in [-0.3, -0.25) is 0 Å². The van der Waals surface area contributed by atoms with Gasteiger partial charge in [0.05, 0.1) is 5.69 Å². The second kappa shape index (κ2) is 2.57. The minimum atomic E-state index is 0.701. The summed E-state index contributed by atoms with van der Waals surface area (Å²) in [7, 11) is 0. The molecule has 0 aliphatic carbocycles. The van der Waals surface area contributed by atoms with Gasteiger partial charge in [0.25, 0.3) is 0 Å². The zero-order valence-electron chi connectivity index (χ0n) is 6.12. The number of nitrogens with zero attached hydrogens (tertiary/aromatic N) is 5. The van der Waals surface area contributed by atoms with Crippen molar-refractivity contribution in [2.75, 3.05) is 5.73 Å². The molecule has 12 heavy (non-hydrogen) atoms. The Kier molecular flexibility index (Phi) is 1.44. The van der Waals surface area contributed by atoms with E-state index in [2.05, 4.69) is 20.9 Å². The average molecular weight is 162 g/mol. The Morgan fingerprint density at radius 1 is 1.00 bits per heavy atom. The largest absolute Gasteiger partial charge is 0.399 e. The second-order valence-electron chi connectivity index (χ2n) is 2.24. The van der Waals surface area contributed by atoms with Crippen molar-refractivity contribution in [2.45, 2.75) is 0 Å². The molecule has 0 saturated carbocycles. The van der Waals surface area contributed by atoms with Gasteiger partial charge in [0.2, 0.25) is 0 Å². The van der Waals surface area contributed by atoms with E-state index in [-0.39, 0.29) is 0 Å². The molecule has 6 nitrogen and oxygen atoms in total. The number of hydrogen-bond donors (Lipinski definition) is 1. The minimum Gasteiger partial charge on any atom is -0.399 e. The van der Waals surface area contributed by atoms with Crippen molar-refractivity contribution in [2.24, 2.45) is 0 Å². The van der Waals surface area contributed by atoms with Crippen LogP contribution < -0.4 is 5.73 Å². The average Bonchev–Trinajstić information content (AvgIpc) is 2.58. The molecule has 0 fully saturated rings. The van der Waals surface area contributed by atoms with Gasteiger partial charge in [0.1, 0.15) is 0 Å². The Hall–Kier alpha value is -1.98. The molecule has 0 aliphatic rings. The Balaban J connectivity index is 2.43. The van der Waals surface area contributed by atoms with Crippen molar-refractivity contribution in [3.05, 3.63) is 24.3 Å². The van der Waals surface area contributed by atoms with Gasteiger partial charge in [-0.25, -0.2) is 0 Å². The molecule has 0 radical (unpaired) electrons. The molecule has 1 aromatic heterocycles. The van der Waals surface area contributed by atoms with Crippen LogP contribution in [0.25, 0.3) is 5.69 Å². The number of anilines is 1. The van der Waals surface area contributed by atoms with Crippen LogP contribution in [0.4, 0.5) is 5.69 Å². The van der Waals surface area contributed by atoms with Crippen molar-refractivity contribution in [3.8, 4) is 5.69 Å². The molecule has 6 heteroatoms. The quantitative estimate of drug-likeness (QED) is 0.579. The molecule has 0 unspecified atom stereocenters. The van der Waals surface area contributed by atoms with Gasteiger partial charge in [-0.2, -0.15) is 0 Å². The third-order valence-electron chi connectivity index (χ3n) is 1.41. The molecule has 0 atom stereocenters. The summed E-state index contributed by atoms with van der Waals surface area (Å²) >= 11 is 0. The summed E-state index contributed by atoms with van der Waals surface area (Å²) in [4.78, 5) is 1.32. The Bertz CT molecular complexity index is 350. The van der Waals surface area contributed by atoms with Crippen LogP contribution in [-0.2, 0) is 0 Å². The van der Waals surface area contributed by atoms with Crippen molar-refractivity contribution in [3.63, 3.8) is 0 Å². The lowest BCUT2D eigenvalue weighted by Gasteiger charge is -1.96. The van der Waals surface area contributed by atoms with E-state index in [1.165, 1.54) is 4.80 Å². The molecule has 1 heterocycles. The van der Waals surface area contributed by atoms with Gasteiger partial charge in [-0.05, 0) is 45.1 Å². The number of benzene rings is 1. The lowest BCUT2D eigenvalue weighted by molar-refractivity contribution is 0.712. The highest BCUT2D eigenvalue weighted by Crippen LogP contribution is 2.06. The fourth-order valence-electron chi connectivity index (χ4n) is 0.840. The summed E-state index contributed by atoms with van der Waals surface area (Å²) < 4.78 is 0. The SMILES string of the molecule is Nc1ccc(-n2nnnn2)cc1. The molecular weight excluding hydrogens is 156 g/mol. The molecule has 60 valence electrons. The van der Waals surface area contributed by atoms with Crippen LogP contribution in [0.15, 0.2) is 24.3 Å². The standard InChI is InChI=1S/C6H6N6/c7-5-1-3-6(4-2-5)12-10-8-9-11-12/h1-4H,7H2. The van der Waals surface area contributed by atoms with E-state index in [1.54, 1.807) is 24.3 Å². The van der Waals surface area contributed by atoms with Gasteiger partial charge in [0, 0.05) is 5.69 Å². The first kappa shape index (κ1) is 6.71. The number of nitrogens with two attached hydrogens (primary N) is 1. The predicted octanol–water partition coefficient (Wildman–Crippen LogP) is -0.361. The predicted molar refractivity (Wildman–Crippen MR) is 41.4 cm³/mol. The molecule has 0 spiro atoms. The van der Waals surface area contributed by atoms with E-state index in [1.807, 2.05) is 0 Å². The smallest absolute Gasteiger partial charge is 0.0894 e. The lowest BCUT2D eigenvalue weighted by atomic mass is 10.3. The summed E-state index contributed by atoms with van der Waals surface area (Å²) in [5, 5.41) is 13.9. The van der Waals surface area contributed by atoms with Crippen LogP contribution in [0.5, 0.6) is 0 Å². The van der Waals surface area contributed by atoms with Gasteiger partial charge < -0.3 is 5.73 Å². The summed E-state index contributed by atoms with van der Waals surface area (Å²) in [6, 6.07) is 7.11. The highest BCUT2D eigenvalue weighted by atomic mass is 15.7. The van der Waals surface area contributed by atoms with E-state index in [0.29, 0.717) is 5.69 Å². The molecule has 0 saturated heterocycles. The molecule has 1 aromatic carbocycles. The van der Waals surface area contributed by atoms with Crippen LogP contribution in [0, 0.1) is 0 Å². The maximum absolute atomic E-state index is 5.50. The first-order valence-electron chi connectivity index (χ1n) is 3.33. The van der Waals surface area contributed by atoms with E-state index >= 15 is 0 Å². The normalized spacial score (nSPS) is 10.0. The molecule has 2 aromatic rings. The van der Waals surface area contributed by atoms with Crippen LogP contribution >= 0.6 is 0 Å². The van der Waals surface area contributed by atoms with Gasteiger partial charge >= 0.3 is 0 Å². The molecular formula is C6H6N6. The summed E-state index contributed by atoms with van der Waals surface area (Å²) in [6.45, 7) is 0. The first-order valence-corrected chi connectivity index (χ1v) is 3.33. The third-order valence-corrected chi connectivity index (χ3v) is 1.41. The van der Waals surface area contributed by atoms with Crippen molar-refractivity contribution < 1.29 is 0 Å². The maximum atomic E-state index is 5.50. The lowest BCUT2D eigenvalue weighted by Crippen LogP contribution is -1.99. The Labute approximate surface area is 68.0 Å². The zero-order valence-corrected chi connectivity index (χ0v) is 6.12. The molecule has 2 N–H and O–H groups in total. The van der Waals surface area contributed by atoms with E-state index in [0.717, 1.165) is 5.69 Å². The number of rotatable bonds is 1. The summed E-state index contributed by atoms with van der Waals surface area (Å²) in [5.74, 6) is 0. The topological polar surface area (TPSA) is 82.5 Å². The fraction of sp³-hybridized carbons (Fsp3) is 0. The summed E-state index contributed by atoms with van der Waals surface area (Å²) in [5.41, 5.74) is 6.99. The van der Waals surface area contributed by atoms with Gasteiger partial charge in [-0.1, -0.05) is 0 Å². The van der Waals surface area contributed by atoms with Crippen LogP contribution in [0.3, 0.4) is 0 Å². The number of hydrogen-bond acceptors (Lipinski definition) is 5. The van der Waals surface area contributed by atoms with Crippen molar-refractivity contribution in [1.82, 2.24) is 25.7 Å². The highest BCUT2D eigenvalue weighted by molar-refractivity contribution is 5.43. The van der Waals surface area contributed by atoms with Crippen LogP contribution in [-0.4, -0.2) is 25.7 Å². The minimum absolute atomic E-state index is 0.701. The van der Waals surface area contributed by atoms with Crippen LogP contribution in [0.1, 0.15) is 0 Å².